The summed E-state index contributed by atoms with van der Waals surface area (Å²) in [7, 11) is 3.31. The van der Waals surface area contributed by atoms with E-state index in [0.717, 1.165) is 53.1 Å². The van der Waals surface area contributed by atoms with Crippen LogP contribution in [0.4, 0.5) is 0 Å². The number of rotatable bonds is 10. The molecular weight excluding hydrogens is 480 g/mol. The molecule has 0 bridgehead atoms. The van der Waals surface area contributed by atoms with E-state index in [1.165, 1.54) is 19.3 Å². The second-order valence-electron chi connectivity index (χ2n) is 10.0. The first-order valence-electron chi connectivity index (χ1n) is 13.4. The lowest BCUT2D eigenvalue weighted by molar-refractivity contribution is 0.155. The van der Waals surface area contributed by atoms with Gasteiger partial charge < -0.3 is 14.5 Å². The molecule has 2 aromatic heterocycles. The standard InChI is InChI=1S/C29H36N6O3/c1-4-27(28-31-32-33-35(28)23-8-6-5-7-9-23)34(18-20-10-12-24(37-2)13-11-20)19-22-16-21-17-25(38-3)14-15-26(21)30-29(22)36/h10-17,23,27H,4-9,18-19H2,1-3H3,(H,30,36). The SMILES string of the molecule is CCC(c1nnnn1C1CCCCC1)N(Cc1ccc(OC)cc1)Cc1cc2cc(OC)ccc2[nH]c1=O. The maximum absolute atomic E-state index is 13.2. The van der Waals surface area contributed by atoms with Gasteiger partial charge in [-0.3, -0.25) is 9.69 Å². The fourth-order valence-electron chi connectivity index (χ4n) is 5.54. The molecular formula is C29H36N6O3. The van der Waals surface area contributed by atoms with E-state index in [1.54, 1.807) is 14.2 Å². The van der Waals surface area contributed by atoms with Gasteiger partial charge in [-0.15, -0.1) is 5.10 Å². The van der Waals surface area contributed by atoms with Crippen molar-refractivity contribution >= 4 is 10.9 Å². The third-order valence-corrected chi connectivity index (χ3v) is 7.61. The summed E-state index contributed by atoms with van der Waals surface area (Å²) >= 11 is 0. The Labute approximate surface area is 222 Å². The lowest BCUT2D eigenvalue weighted by Gasteiger charge is -2.32. The van der Waals surface area contributed by atoms with Crippen molar-refractivity contribution in [1.29, 1.82) is 0 Å². The van der Waals surface area contributed by atoms with Crippen molar-refractivity contribution < 1.29 is 9.47 Å². The molecule has 2 aromatic carbocycles. The second kappa shape index (κ2) is 11.8. The van der Waals surface area contributed by atoms with Crippen molar-refractivity contribution in [3.63, 3.8) is 0 Å². The molecule has 0 saturated heterocycles. The van der Waals surface area contributed by atoms with Crippen molar-refractivity contribution in [2.45, 2.75) is 70.6 Å². The Morgan fingerprint density at radius 2 is 1.74 bits per heavy atom. The number of H-pyrrole nitrogens is 1. The van der Waals surface area contributed by atoms with Crippen LogP contribution < -0.4 is 15.0 Å². The summed E-state index contributed by atoms with van der Waals surface area (Å²) in [6.45, 7) is 3.24. The van der Waals surface area contributed by atoms with Gasteiger partial charge in [0.15, 0.2) is 5.82 Å². The van der Waals surface area contributed by atoms with E-state index < -0.39 is 0 Å². The molecule has 200 valence electrons. The maximum Gasteiger partial charge on any atom is 0.252 e. The lowest BCUT2D eigenvalue weighted by Crippen LogP contribution is -2.33. The number of methoxy groups -OCH3 is 2. The number of benzene rings is 2. The zero-order chi connectivity index (χ0) is 26.5. The van der Waals surface area contributed by atoms with E-state index in [2.05, 4.69) is 44.5 Å². The molecule has 38 heavy (non-hydrogen) atoms. The quantitative estimate of drug-likeness (QED) is 0.310. The van der Waals surface area contributed by atoms with Crippen LogP contribution in [0.2, 0.25) is 0 Å². The van der Waals surface area contributed by atoms with Gasteiger partial charge in [0.2, 0.25) is 0 Å². The zero-order valence-corrected chi connectivity index (χ0v) is 22.4. The summed E-state index contributed by atoms with van der Waals surface area (Å²) in [6, 6.07) is 16.0. The first kappa shape index (κ1) is 25.9. The lowest BCUT2D eigenvalue weighted by atomic mass is 9.95. The summed E-state index contributed by atoms with van der Waals surface area (Å²) in [5.74, 6) is 2.43. The Hall–Kier alpha value is -3.72. The normalized spacial score (nSPS) is 15.2. The van der Waals surface area contributed by atoms with Gasteiger partial charge in [0.1, 0.15) is 11.5 Å². The number of tetrazole rings is 1. The van der Waals surface area contributed by atoms with Crippen molar-refractivity contribution in [3.8, 4) is 11.5 Å². The molecule has 0 radical (unpaired) electrons. The van der Waals surface area contributed by atoms with Crippen LogP contribution in [0.3, 0.4) is 0 Å². The highest BCUT2D eigenvalue weighted by molar-refractivity contribution is 5.80. The molecule has 2 heterocycles. The highest BCUT2D eigenvalue weighted by atomic mass is 16.5. The van der Waals surface area contributed by atoms with Gasteiger partial charge in [-0.1, -0.05) is 38.3 Å². The molecule has 9 nitrogen and oxygen atoms in total. The number of nitrogens with zero attached hydrogens (tertiary/aromatic N) is 5. The largest absolute Gasteiger partial charge is 0.497 e. The minimum atomic E-state index is -0.0934. The van der Waals surface area contributed by atoms with E-state index >= 15 is 0 Å². The van der Waals surface area contributed by atoms with E-state index in [-0.39, 0.29) is 11.6 Å². The minimum Gasteiger partial charge on any atom is -0.497 e. The first-order chi connectivity index (χ1) is 18.6. The Morgan fingerprint density at radius 3 is 2.45 bits per heavy atom. The van der Waals surface area contributed by atoms with Crippen LogP contribution in [-0.4, -0.2) is 44.3 Å². The van der Waals surface area contributed by atoms with Crippen LogP contribution in [0.5, 0.6) is 11.5 Å². The van der Waals surface area contributed by atoms with Crippen molar-refractivity contribution in [2.24, 2.45) is 0 Å². The average molecular weight is 517 g/mol. The molecule has 1 aliphatic carbocycles. The van der Waals surface area contributed by atoms with Gasteiger partial charge in [-0.05, 0) is 71.7 Å². The molecule has 5 rings (SSSR count). The van der Waals surface area contributed by atoms with Gasteiger partial charge in [0, 0.05) is 29.6 Å². The molecule has 1 N–H and O–H groups in total. The minimum absolute atomic E-state index is 0.0607. The third-order valence-electron chi connectivity index (χ3n) is 7.61. The van der Waals surface area contributed by atoms with Crippen molar-refractivity contribution in [3.05, 3.63) is 75.8 Å². The molecule has 0 aliphatic heterocycles. The third kappa shape index (κ3) is 5.57. The predicted octanol–water partition coefficient (Wildman–Crippen LogP) is 5.19. The van der Waals surface area contributed by atoms with Crippen molar-refractivity contribution in [2.75, 3.05) is 14.2 Å². The van der Waals surface area contributed by atoms with E-state index in [9.17, 15) is 4.79 Å². The molecule has 1 fully saturated rings. The van der Waals surface area contributed by atoms with Crippen LogP contribution in [0.15, 0.2) is 53.3 Å². The Bertz CT molecular complexity index is 1410. The molecule has 0 spiro atoms. The van der Waals surface area contributed by atoms with Crippen LogP contribution in [0.25, 0.3) is 10.9 Å². The second-order valence-corrected chi connectivity index (χ2v) is 10.0. The number of nitrogens with one attached hydrogen (secondary N) is 1. The van der Waals surface area contributed by atoms with E-state index in [1.807, 2.05) is 41.1 Å². The molecule has 1 saturated carbocycles. The summed E-state index contributed by atoms with van der Waals surface area (Å²) in [5.41, 5.74) is 2.51. The van der Waals surface area contributed by atoms with Gasteiger partial charge >= 0.3 is 0 Å². The predicted molar refractivity (Wildman–Crippen MR) is 146 cm³/mol. The molecule has 4 aromatic rings. The van der Waals surface area contributed by atoms with Gasteiger partial charge in [-0.25, -0.2) is 4.68 Å². The summed E-state index contributed by atoms with van der Waals surface area (Å²) in [5, 5.41) is 14.0. The summed E-state index contributed by atoms with van der Waals surface area (Å²) in [4.78, 5) is 18.6. The Balaban J connectivity index is 1.52. The molecule has 1 atom stereocenters. The fourth-order valence-corrected chi connectivity index (χ4v) is 5.54. The van der Waals surface area contributed by atoms with E-state index in [0.29, 0.717) is 24.7 Å². The number of aromatic nitrogens is 5. The van der Waals surface area contributed by atoms with E-state index in [4.69, 9.17) is 9.47 Å². The fraction of sp³-hybridized carbons (Fsp3) is 0.448. The number of ether oxygens (including phenoxy) is 2. The number of aromatic amines is 1. The van der Waals surface area contributed by atoms with Gasteiger partial charge in [0.05, 0.1) is 26.3 Å². The van der Waals surface area contributed by atoms with Crippen LogP contribution >= 0.6 is 0 Å². The average Bonchev–Trinajstić information content (AvgIpc) is 3.44. The highest BCUT2D eigenvalue weighted by Crippen LogP contribution is 2.33. The number of hydrogen-bond donors (Lipinski definition) is 1. The topological polar surface area (TPSA) is 98.2 Å². The van der Waals surface area contributed by atoms with Crippen LogP contribution in [0.1, 0.15) is 74.5 Å². The van der Waals surface area contributed by atoms with Crippen LogP contribution in [0, 0.1) is 0 Å². The Morgan fingerprint density at radius 1 is 1.00 bits per heavy atom. The molecule has 1 aliphatic rings. The molecule has 9 heteroatoms. The highest BCUT2D eigenvalue weighted by Gasteiger charge is 2.29. The smallest absolute Gasteiger partial charge is 0.252 e. The van der Waals surface area contributed by atoms with Crippen molar-refractivity contribution in [1.82, 2.24) is 30.1 Å². The Kier molecular flexibility index (Phi) is 8.03. The number of hydrogen-bond acceptors (Lipinski definition) is 7. The first-order valence-corrected chi connectivity index (χ1v) is 13.4. The molecule has 0 amide bonds. The maximum atomic E-state index is 13.2. The monoisotopic (exact) mass is 516 g/mol. The van der Waals surface area contributed by atoms with Gasteiger partial charge in [-0.2, -0.15) is 0 Å². The number of pyridine rings is 1. The summed E-state index contributed by atoms with van der Waals surface area (Å²) < 4.78 is 12.8. The van der Waals surface area contributed by atoms with Crippen LogP contribution in [-0.2, 0) is 13.1 Å². The van der Waals surface area contributed by atoms with Gasteiger partial charge in [0.25, 0.3) is 5.56 Å². The number of fused-ring (bicyclic) bond motifs is 1. The molecule has 1 unspecified atom stereocenters. The zero-order valence-electron chi connectivity index (χ0n) is 22.4. The summed E-state index contributed by atoms with van der Waals surface area (Å²) in [6.07, 6.45) is 6.67.